The summed E-state index contributed by atoms with van der Waals surface area (Å²) >= 11 is 0. The molecule has 1 fully saturated rings. The second-order valence-corrected chi connectivity index (χ2v) is 6.53. The molecular weight excluding hydrogens is 318 g/mol. The zero-order valence-corrected chi connectivity index (χ0v) is 14.8. The molecule has 25 heavy (non-hydrogen) atoms. The smallest absolute Gasteiger partial charge is 0.317 e. The number of hydrogen-bond acceptors (Lipinski definition) is 4. The fourth-order valence-corrected chi connectivity index (χ4v) is 2.83. The molecule has 0 radical (unpaired) electrons. The standard InChI is InChI=1S/C18H25N5O2/c1-14(2)23-11-6-15(21-23)5-9-20-18(24)22-10-7-17(13-22)25-16-4-3-8-19-12-16/h3-4,6,8,11-12,14,17H,5,7,9-10,13H2,1-2H3,(H,20,24)/t17-/m1/s1. The summed E-state index contributed by atoms with van der Waals surface area (Å²) in [4.78, 5) is 18.1. The van der Waals surface area contributed by atoms with E-state index in [1.54, 1.807) is 17.3 Å². The van der Waals surface area contributed by atoms with Crippen LogP contribution in [0, 0.1) is 0 Å². The van der Waals surface area contributed by atoms with E-state index in [2.05, 4.69) is 29.2 Å². The zero-order valence-electron chi connectivity index (χ0n) is 14.8. The van der Waals surface area contributed by atoms with Gasteiger partial charge in [-0.3, -0.25) is 9.67 Å². The van der Waals surface area contributed by atoms with Crippen molar-refractivity contribution in [2.24, 2.45) is 0 Å². The van der Waals surface area contributed by atoms with E-state index in [-0.39, 0.29) is 12.1 Å². The molecule has 0 aromatic carbocycles. The van der Waals surface area contributed by atoms with Crippen LogP contribution in [-0.4, -0.2) is 51.4 Å². The molecule has 1 saturated heterocycles. The molecule has 0 bridgehead atoms. The van der Waals surface area contributed by atoms with Crippen LogP contribution in [0.25, 0.3) is 0 Å². The minimum absolute atomic E-state index is 0.0247. The highest BCUT2D eigenvalue weighted by molar-refractivity contribution is 5.74. The Morgan fingerprint density at radius 3 is 3.04 bits per heavy atom. The van der Waals surface area contributed by atoms with Crippen LogP contribution in [0.15, 0.2) is 36.8 Å². The molecule has 7 heteroatoms. The molecule has 134 valence electrons. The summed E-state index contributed by atoms with van der Waals surface area (Å²) in [5.74, 6) is 0.746. The normalized spacial score (nSPS) is 17.1. The molecule has 2 amide bonds. The Balaban J connectivity index is 1.40. The SMILES string of the molecule is CC(C)n1ccc(CCNC(=O)N2CC[C@@H](Oc3cccnc3)C2)n1. The number of pyridine rings is 1. The van der Waals surface area contributed by atoms with E-state index in [4.69, 9.17) is 4.74 Å². The van der Waals surface area contributed by atoms with E-state index < -0.39 is 0 Å². The molecule has 1 aliphatic heterocycles. The van der Waals surface area contributed by atoms with Gasteiger partial charge < -0.3 is 15.0 Å². The number of nitrogens with one attached hydrogen (secondary N) is 1. The Hall–Kier alpha value is -2.57. The Morgan fingerprint density at radius 2 is 2.32 bits per heavy atom. The Morgan fingerprint density at radius 1 is 1.44 bits per heavy atom. The third kappa shape index (κ3) is 4.71. The van der Waals surface area contributed by atoms with Crippen molar-refractivity contribution in [2.75, 3.05) is 19.6 Å². The van der Waals surface area contributed by atoms with E-state index in [9.17, 15) is 4.79 Å². The number of carbonyl (C=O) groups excluding carboxylic acids is 1. The topological polar surface area (TPSA) is 72.3 Å². The summed E-state index contributed by atoms with van der Waals surface area (Å²) in [6, 6.07) is 6.03. The van der Waals surface area contributed by atoms with Gasteiger partial charge in [-0.15, -0.1) is 0 Å². The van der Waals surface area contributed by atoms with Crippen molar-refractivity contribution >= 4 is 6.03 Å². The minimum atomic E-state index is -0.0411. The average molecular weight is 343 g/mol. The molecular formula is C18H25N5O2. The van der Waals surface area contributed by atoms with Crippen LogP contribution < -0.4 is 10.1 Å². The Labute approximate surface area is 148 Å². The average Bonchev–Trinajstić information content (AvgIpc) is 3.25. The molecule has 0 spiro atoms. The van der Waals surface area contributed by atoms with Gasteiger partial charge in [-0.05, 0) is 32.0 Å². The first-order valence-corrected chi connectivity index (χ1v) is 8.75. The fourth-order valence-electron chi connectivity index (χ4n) is 2.83. The number of ether oxygens (including phenoxy) is 1. The van der Waals surface area contributed by atoms with Crippen LogP contribution in [0.1, 0.15) is 32.0 Å². The highest BCUT2D eigenvalue weighted by Crippen LogP contribution is 2.17. The fraction of sp³-hybridized carbons (Fsp3) is 0.500. The van der Waals surface area contributed by atoms with Gasteiger partial charge in [0.2, 0.25) is 0 Å². The van der Waals surface area contributed by atoms with E-state index in [0.717, 1.165) is 24.3 Å². The molecule has 7 nitrogen and oxygen atoms in total. The van der Waals surface area contributed by atoms with E-state index in [1.807, 2.05) is 29.1 Å². The number of likely N-dealkylation sites (tertiary alicyclic amines) is 1. The van der Waals surface area contributed by atoms with Crippen molar-refractivity contribution in [3.05, 3.63) is 42.5 Å². The summed E-state index contributed by atoms with van der Waals surface area (Å²) in [5.41, 5.74) is 0.994. The van der Waals surface area contributed by atoms with Crippen molar-refractivity contribution in [2.45, 2.75) is 38.8 Å². The molecule has 0 aliphatic carbocycles. The van der Waals surface area contributed by atoms with E-state index in [1.165, 1.54) is 0 Å². The second kappa shape index (κ2) is 8.00. The number of hydrogen-bond donors (Lipinski definition) is 1. The van der Waals surface area contributed by atoms with Gasteiger partial charge in [0.25, 0.3) is 0 Å². The Bertz CT molecular complexity index is 686. The largest absolute Gasteiger partial charge is 0.487 e. The van der Waals surface area contributed by atoms with Crippen molar-refractivity contribution in [3.63, 3.8) is 0 Å². The quantitative estimate of drug-likeness (QED) is 0.873. The van der Waals surface area contributed by atoms with Gasteiger partial charge >= 0.3 is 6.03 Å². The maximum atomic E-state index is 12.3. The third-order valence-corrected chi connectivity index (χ3v) is 4.22. The maximum Gasteiger partial charge on any atom is 0.317 e. The zero-order chi connectivity index (χ0) is 17.6. The number of nitrogens with zero attached hydrogens (tertiary/aromatic N) is 4. The molecule has 1 atom stereocenters. The summed E-state index contributed by atoms with van der Waals surface area (Å²) in [7, 11) is 0. The first-order valence-electron chi connectivity index (χ1n) is 8.75. The predicted molar refractivity (Wildman–Crippen MR) is 94.6 cm³/mol. The molecule has 1 aliphatic rings. The van der Waals surface area contributed by atoms with Gasteiger partial charge in [0.1, 0.15) is 11.9 Å². The van der Waals surface area contributed by atoms with Gasteiger partial charge in [-0.2, -0.15) is 5.10 Å². The Kier molecular flexibility index (Phi) is 5.53. The van der Waals surface area contributed by atoms with Crippen molar-refractivity contribution < 1.29 is 9.53 Å². The highest BCUT2D eigenvalue weighted by Gasteiger charge is 2.27. The summed E-state index contributed by atoms with van der Waals surface area (Å²) in [6.07, 6.45) is 6.97. The number of rotatable bonds is 6. The van der Waals surface area contributed by atoms with Crippen LogP contribution in [0.5, 0.6) is 5.75 Å². The van der Waals surface area contributed by atoms with Gasteiger partial charge in [0, 0.05) is 44.4 Å². The number of urea groups is 1. The minimum Gasteiger partial charge on any atom is -0.487 e. The van der Waals surface area contributed by atoms with Crippen LogP contribution in [0.4, 0.5) is 4.79 Å². The van der Waals surface area contributed by atoms with Gasteiger partial charge in [-0.1, -0.05) is 0 Å². The summed E-state index contributed by atoms with van der Waals surface area (Å²) < 4.78 is 7.79. The molecule has 0 saturated carbocycles. The van der Waals surface area contributed by atoms with Gasteiger partial charge in [0.05, 0.1) is 18.4 Å². The summed E-state index contributed by atoms with van der Waals surface area (Å²) in [5, 5.41) is 7.45. The number of aromatic nitrogens is 3. The number of carbonyl (C=O) groups is 1. The van der Waals surface area contributed by atoms with Crippen LogP contribution in [0.3, 0.4) is 0 Å². The molecule has 3 heterocycles. The van der Waals surface area contributed by atoms with E-state index in [0.29, 0.717) is 25.7 Å². The van der Waals surface area contributed by atoms with Crippen LogP contribution in [-0.2, 0) is 6.42 Å². The van der Waals surface area contributed by atoms with Crippen molar-refractivity contribution in [3.8, 4) is 5.75 Å². The predicted octanol–water partition coefficient (Wildman–Crippen LogP) is 2.26. The molecule has 0 unspecified atom stereocenters. The molecule has 2 aromatic rings. The summed E-state index contributed by atoms with van der Waals surface area (Å²) in [6.45, 7) is 6.08. The van der Waals surface area contributed by atoms with Gasteiger partial charge in [-0.25, -0.2) is 4.79 Å². The van der Waals surface area contributed by atoms with Crippen molar-refractivity contribution in [1.82, 2.24) is 25.0 Å². The maximum absolute atomic E-state index is 12.3. The monoisotopic (exact) mass is 343 g/mol. The lowest BCUT2D eigenvalue weighted by Crippen LogP contribution is -2.40. The third-order valence-electron chi connectivity index (χ3n) is 4.22. The first kappa shape index (κ1) is 17.3. The lowest BCUT2D eigenvalue weighted by molar-refractivity contribution is 0.186. The second-order valence-electron chi connectivity index (χ2n) is 6.53. The lowest BCUT2D eigenvalue weighted by Gasteiger charge is -2.17. The first-order chi connectivity index (χ1) is 12.1. The van der Waals surface area contributed by atoms with Crippen LogP contribution >= 0.6 is 0 Å². The molecule has 1 N–H and O–H groups in total. The molecule has 2 aromatic heterocycles. The van der Waals surface area contributed by atoms with Crippen LogP contribution in [0.2, 0.25) is 0 Å². The highest BCUT2D eigenvalue weighted by atomic mass is 16.5. The number of amides is 2. The lowest BCUT2D eigenvalue weighted by atomic mass is 10.3. The van der Waals surface area contributed by atoms with Gasteiger partial charge in [0.15, 0.2) is 0 Å². The molecule has 3 rings (SSSR count). The van der Waals surface area contributed by atoms with E-state index >= 15 is 0 Å². The van der Waals surface area contributed by atoms with Crippen molar-refractivity contribution in [1.29, 1.82) is 0 Å².